The highest BCUT2D eigenvalue weighted by atomic mass is 16.6. The number of hydrogen-bond acceptors (Lipinski definition) is 5. The van der Waals surface area contributed by atoms with Gasteiger partial charge in [0.15, 0.2) is 5.78 Å². The van der Waals surface area contributed by atoms with Gasteiger partial charge in [0.25, 0.3) is 0 Å². The molecule has 0 aliphatic carbocycles. The van der Waals surface area contributed by atoms with Gasteiger partial charge in [-0.15, -0.1) is 0 Å². The fraction of sp³-hybridized carbons (Fsp3) is 0.375. The van der Waals surface area contributed by atoms with Crippen LogP contribution in [0.3, 0.4) is 0 Å². The normalized spacial score (nSPS) is 11.9. The summed E-state index contributed by atoms with van der Waals surface area (Å²) in [6.07, 6.45) is 0.866. The van der Waals surface area contributed by atoms with Crippen molar-refractivity contribution in [2.24, 2.45) is 0 Å². The first kappa shape index (κ1) is 22.5. The maximum absolute atomic E-state index is 12.6. The van der Waals surface area contributed by atoms with E-state index in [1.807, 2.05) is 18.2 Å². The predicted octanol–water partition coefficient (Wildman–Crippen LogP) is 4.21. The lowest BCUT2D eigenvalue weighted by Gasteiger charge is -2.17. The third kappa shape index (κ3) is 6.64. The summed E-state index contributed by atoms with van der Waals surface area (Å²) in [5.74, 6) is -1.85. The molecule has 5 nitrogen and oxygen atoms in total. The largest absolute Gasteiger partial charge is 0.393 e. The molecule has 5 heteroatoms. The van der Waals surface area contributed by atoms with Crippen molar-refractivity contribution in [2.45, 2.75) is 39.5 Å². The summed E-state index contributed by atoms with van der Waals surface area (Å²) in [7, 11) is 0. The van der Waals surface area contributed by atoms with E-state index < -0.39 is 17.9 Å². The monoisotopic (exact) mass is 395 g/mol. The van der Waals surface area contributed by atoms with Crippen molar-refractivity contribution in [1.29, 1.82) is 0 Å². The molecule has 2 rings (SSSR count). The number of ether oxygens (including phenoxy) is 1. The molecule has 29 heavy (non-hydrogen) atoms. The number of ketones is 1. The standard InChI is InChI=1S/C24H29NO4/c1-4-25(5-2)16-10-15-22(26)29-24(28)18(3)20-13-9-14-21(17-20)23(27)19-11-7-6-8-12-19/h6-9,11-14,17-18H,4-5,10,15-16H2,1-3H3. The molecule has 0 aliphatic rings. The second kappa shape index (κ2) is 11.3. The van der Waals surface area contributed by atoms with Crippen molar-refractivity contribution in [3.05, 3.63) is 71.3 Å². The molecule has 154 valence electrons. The fourth-order valence-electron chi connectivity index (χ4n) is 3.08. The molecule has 0 radical (unpaired) electrons. The van der Waals surface area contributed by atoms with Crippen molar-refractivity contribution in [2.75, 3.05) is 19.6 Å². The van der Waals surface area contributed by atoms with Crippen LogP contribution in [-0.2, 0) is 14.3 Å². The summed E-state index contributed by atoms with van der Waals surface area (Å²) in [5.41, 5.74) is 1.73. The van der Waals surface area contributed by atoms with Crippen LogP contribution in [-0.4, -0.2) is 42.3 Å². The van der Waals surface area contributed by atoms with Crippen LogP contribution < -0.4 is 0 Å². The Labute approximate surface area is 172 Å². The van der Waals surface area contributed by atoms with E-state index in [0.717, 1.165) is 19.6 Å². The van der Waals surface area contributed by atoms with E-state index in [0.29, 0.717) is 23.1 Å². The highest BCUT2D eigenvalue weighted by Crippen LogP contribution is 2.20. The minimum Gasteiger partial charge on any atom is -0.393 e. The van der Waals surface area contributed by atoms with Crippen LogP contribution in [0.15, 0.2) is 54.6 Å². The van der Waals surface area contributed by atoms with Crippen LogP contribution in [0.5, 0.6) is 0 Å². The Bertz CT molecular complexity index is 828. The summed E-state index contributed by atoms with van der Waals surface area (Å²) < 4.78 is 5.02. The van der Waals surface area contributed by atoms with E-state index >= 15 is 0 Å². The number of esters is 2. The highest BCUT2D eigenvalue weighted by molar-refractivity contribution is 6.09. The smallest absolute Gasteiger partial charge is 0.320 e. The zero-order chi connectivity index (χ0) is 21.2. The van der Waals surface area contributed by atoms with Crippen molar-refractivity contribution >= 4 is 17.7 Å². The number of nitrogens with zero attached hydrogens (tertiary/aromatic N) is 1. The lowest BCUT2D eigenvalue weighted by molar-refractivity contribution is -0.160. The van der Waals surface area contributed by atoms with Crippen LogP contribution >= 0.6 is 0 Å². The second-order valence-electron chi connectivity index (χ2n) is 6.97. The topological polar surface area (TPSA) is 63.7 Å². The summed E-state index contributed by atoms with van der Waals surface area (Å²) in [6.45, 7) is 8.49. The van der Waals surface area contributed by atoms with Crippen molar-refractivity contribution in [1.82, 2.24) is 4.90 Å². The van der Waals surface area contributed by atoms with Crippen LogP contribution in [0.4, 0.5) is 0 Å². The Morgan fingerprint density at radius 3 is 2.24 bits per heavy atom. The van der Waals surface area contributed by atoms with Crippen LogP contribution in [0.1, 0.15) is 61.0 Å². The van der Waals surface area contributed by atoms with Crippen LogP contribution in [0, 0.1) is 0 Å². The average Bonchev–Trinajstić information content (AvgIpc) is 2.76. The third-order valence-electron chi connectivity index (χ3n) is 5.00. The Hall–Kier alpha value is -2.79. The number of benzene rings is 2. The minimum atomic E-state index is -0.634. The van der Waals surface area contributed by atoms with Crippen molar-refractivity contribution < 1.29 is 19.1 Å². The van der Waals surface area contributed by atoms with Crippen molar-refractivity contribution in [3.8, 4) is 0 Å². The maximum Gasteiger partial charge on any atom is 0.320 e. The molecule has 0 fully saturated rings. The maximum atomic E-state index is 12.6. The summed E-state index contributed by atoms with van der Waals surface area (Å²) in [4.78, 5) is 39.2. The van der Waals surface area contributed by atoms with E-state index in [2.05, 4.69) is 18.7 Å². The highest BCUT2D eigenvalue weighted by Gasteiger charge is 2.21. The van der Waals surface area contributed by atoms with E-state index in [9.17, 15) is 14.4 Å². The second-order valence-corrected chi connectivity index (χ2v) is 6.97. The fourth-order valence-corrected chi connectivity index (χ4v) is 3.08. The van der Waals surface area contributed by atoms with Gasteiger partial charge in [-0.2, -0.15) is 0 Å². The molecule has 0 N–H and O–H groups in total. The number of carbonyl (C=O) groups is 3. The molecule has 0 aromatic heterocycles. The Kier molecular flexibility index (Phi) is 8.74. The summed E-state index contributed by atoms with van der Waals surface area (Å²) >= 11 is 0. The lowest BCUT2D eigenvalue weighted by Crippen LogP contribution is -2.25. The molecule has 0 bridgehead atoms. The number of rotatable bonds is 10. The van der Waals surface area contributed by atoms with Gasteiger partial charge >= 0.3 is 11.9 Å². The summed E-state index contributed by atoms with van der Waals surface area (Å²) in [5, 5.41) is 0. The molecule has 0 saturated carbocycles. The molecular formula is C24H29NO4. The molecule has 2 aromatic rings. The number of carbonyl (C=O) groups excluding carboxylic acids is 3. The molecule has 1 unspecified atom stereocenters. The summed E-state index contributed by atoms with van der Waals surface area (Å²) in [6, 6.07) is 15.9. The molecule has 0 spiro atoms. The van der Waals surface area contributed by atoms with E-state index in [4.69, 9.17) is 4.74 Å². The number of hydrogen-bond donors (Lipinski definition) is 0. The van der Waals surface area contributed by atoms with Gasteiger partial charge in [-0.3, -0.25) is 14.4 Å². The van der Waals surface area contributed by atoms with Crippen LogP contribution in [0.2, 0.25) is 0 Å². The van der Waals surface area contributed by atoms with E-state index in [1.54, 1.807) is 43.3 Å². The first-order valence-electron chi connectivity index (χ1n) is 10.1. The lowest BCUT2D eigenvalue weighted by atomic mass is 9.96. The van der Waals surface area contributed by atoms with Gasteiger partial charge in [0, 0.05) is 17.5 Å². The SMILES string of the molecule is CCN(CC)CCCC(=O)OC(=O)C(C)c1cccc(C(=O)c2ccccc2)c1. The zero-order valence-corrected chi connectivity index (χ0v) is 17.4. The molecular weight excluding hydrogens is 366 g/mol. The van der Waals surface area contributed by atoms with Gasteiger partial charge in [-0.05, 0) is 44.6 Å². The first-order valence-corrected chi connectivity index (χ1v) is 10.1. The van der Waals surface area contributed by atoms with Gasteiger partial charge in [0.1, 0.15) is 0 Å². The van der Waals surface area contributed by atoms with Gasteiger partial charge in [0.2, 0.25) is 0 Å². The average molecular weight is 395 g/mol. The Morgan fingerprint density at radius 2 is 1.59 bits per heavy atom. The molecule has 2 aromatic carbocycles. The molecule has 0 amide bonds. The van der Waals surface area contributed by atoms with Gasteiger partial charge in [-0.25, -0.2) is 0 Å². The zero-order valence-electron chi connectivity index (χ0n) is 17.4. The predicted molar refractivity (Wildman–Crippen MR) is 113 cm³/mol. The molecule has 0 aliphatic heterocycles. The quantitative estimate of drug-likeness (QED) is 0.342. The third-order valence-corrected chi connectivity index (χ3v) is 5.00. The van der Waals surface area contributed by atoms with E-state index in [1.165, 1.54) is 0 Å². The first-order chi connectivity index (χ1) is 14.0. The molecule has 0 heterocycles. The van der Waals surface area contributed by atoms with Gasteiger partial charge in [-0.1, -0.05) is 62.4 Å². The Balaban J connectivity index is 1.95. The molecule has 0 saturated heterocycles. The van der Waals surface area contributed by atoms with Gasteiger partial charge < -0.3 is 9.64 Å². The van der Waals surface area contributed by atoms with Crippen molar-refractivity contribution in [3.63, 3.8) is 0 Å². The minimum absolute atomic E-state index is 0.111. The van der Waals surface area contributed by atoms with E-state index in [-0.39, 0.29) is 12.2 Å². The Morgan fingerprint density at radius 1 is 0.931 bits per heavy atom. The van der Waals surface area contributed by atoms with Crippen LogP contribution in [0.25, 0.3) is 0 Å². The molecule has 1 atom stereocenters. The van der Waals surface area contributed by atoms with Gasteiger partial charge in [0.05, 0.1) is 5.92 Å².